The van der Waals surface area contributed by atoms with Gasteiger partial charge in [-0.1, -0.05) is 44.5 Å². The van der Waals surface area contributed by atoms with E-state index < -0.39 is 32.9 Å². The summed E-state index contributed by atoms with van der Waals surface area (Å²) < 4.78 is 46.8. The summed E-state index contributed by atoms with van der Waals surface area (Å²) in [5.74, 6) is -0.372. The minimum absolute atomic E-state index is 0.173. The number of aliphatic hydroxyl groups is 1. The summed E-state index contributed by atoms with van der Waals surface area (Å²) in [4.78, 5) is -0.435. The van der Waals surface area contributed by atoms with Gasteiger partial charge in [0, 0.05) is 0 Å². The van der Waals surface area contributed by atoms with Crippen LogP contribution in [0.25, 0.3) is 0 Å². The molecular formula is C19H24FNO4S. The lowest BCUT2D eigenvalue weighted by atomic mass is 9.91. The van der Waals surface area contributed by atoms with E-state index in [1.165, 1.54) is 25.3 Å². The summed E-state index contributed by atoms with van der Waals surface area (Å²) >= 11 is 0. The summed E-state index contributed by atoms with van der Waals surface area (Å²) in [5, 5.41) is 10.8. The zero-order chi connectivity index (χ0) is 19.3. The average Bonchev–Trinajstić information content (AvgIpc) is 2.65. The monoisotopic (exact) mass is 381 g/mol. The van der Waals surface area contributed by atoms with Crippen LogP contribution in [0.3, 0.4) is 0 Å². The molecule has 0 saturated heterocycles. The van der Waals surface area contributed by atoms with Crippen molar-refractivity contribution < 1.29 is 22.7 Å². The fraction of sp³-hybridized carbons (Fsp3) is 0.368. The number of ether oxygens (including phenoxy) is 1. The van der Waals surface area contributed by atoms with E-state index in [1.54, 1.807) is 24.3 Å². The normalized spacial score (nSPS) is 15.3. The van der Waals surface area contributed by atoms with Crippen LogP contribution in [-0.4, -0.2) is 26.7 Å². The van der Waals surface area contributed by atoms with E-state index in [1.807, 2.05) is 13.8 Å². The summed E-state index contributed by atoms with van der Waals surface area (Å²) in [6.07, 6.45) is -0.449. The molecule has 0 heterocycles. The molecule has 5 nitrogen and oxygen atoms in total. The number of nitrogens with one attached hydrogen (secondary N) is 1. The van der Waals surface area contributed by atoms with Gasteiger partial charge in [0.25, 0.3) is 0 Å². The molecule has 0 aromatic heterocycles. The molecule has 2 N–H and O–H groups in total. The lowest BCUT2D eigenvalue weighted by Crippen LogP contribution is -2.43. The van der Waals surface area contributed by atoms with Crippen LogP contribution in [0, 0.1) is 11.7 Å². The zero-order valence-corrected chi connectivity index (χ0v) is 15.8. The Morgan fingerprint density at radius 3 is 2.31 bits per heavy atom. The van der Waals surface area contributed by atoms with Gasteiger partial charge in [-0.25, -0.2) is 17.5 Å². The van der Waals surface area contributed by atoms with Crippen molar-refractivity contribution in [2.45, 2.75) is 37.3 Å². The third kappa shape index (κ3) is 4.60. The highest BCUT2D eigenvalue weighted by Gasteiger charge is 2.31. The van der Waals surface area contributed by atoms with Gasteiger partial charge in [-0.3, -0.25) is 0 Å². The van der Waals surface area contributed by atoms with Gasteiger partial charge in [0.15, 0.2) is 0 Å². The van der Waals surface area contributed by atoms with E-state index in [0.717, 1.165) is 6.07 Å². The Bertz CT molecular complexity index is 824. The Labute approximate surface area is 153 Å². The van der Waals surface area contributed by atoms with Gasteiger partial charge in [-0.05, 0) is 35.7 Å². The van der Waals surface area contributed by atoms with Crippen LogP contribution < -0.4 is 9.46 Å². The number of methoxy groups -OCH3 is 1. The molecule has 3 atom stereocenters. The number of halogens is 1. The molecule has 0 radical (unpaired) electrons. The first-order chi connectivity index (χ1) is 12.3. The van der Waals surface area contributed by atoms with Crippen LogP contribution >= 0.6 is 0 Å². The average molecular weight is 381 g/mol. The zero-order valence-electron chi connectivity index (χ0n) is 15.0. The molecule has 2 aromatic carbocycles. The second kappa shape index (κ2) is 8.62. The minimum atomic E-state index is -4.12. The van der Waals surface area contributed by atoms with E-state index in [0.29, 0.717) is 17.7 Å². The largest absolute Gasteiger partial charge is 0.497 e. The second-order valence-electron chi connectivity index (χ2n) is 6.18. The van der Waals surface area contributed by atoms with Crippen LogP contribution in [0.1, 0.15) is 31.9 Å². The molecule has 26 heavy (non-hydrogen) atoms. The van der Waals surface area contributed by atoms with Gasteiger partial charge < -0.3 is 9.84 Å². The smallest absolute Gasteiger partial charge is 0.243 e. The van der Waals surface area contributed by atoms with Crippen LogP contribution in [0.15, 0.2) is 53.4 Å². The topological polar surface area (TPSA) is 75.6 Å². The third-order valence-electron chi connectivity index (χ3n) is 4.47. The predicted molar refractivity (Wildman–Crippen MR) is 97.9 cm³/mol. The third-order valence-corrected chi connectivity index (χ3v) is 5.96. The number of hydrogen-bond donors (Lipinski definition) is 2. The first kappa shape index (κ1) is 20.4. The van der Waals surface area contributed by atoms with Crippen molar-refractivity contribution in [3.63, 3.8) is 0 Å². The van der Waals surface area contributed by atoms with Gasteiger partial charge in [0.05, 0.1) is 19.3 Å². The SMILES string of the molecule is CCC(C)C(NS(=O)(=O)c1ccccc1F)C(O)c1ccc(OC)cc1. The number of rotatable bonds is 8. The quantitative estimate of drug-likeness (QED) is 0.736. The maximum atomic E-state index is 13.9. The van der Waals surface area contributed by atoms with Crippen molar-refractivity contribution >= 4 is 10.0 Å². The molecule has 0 spiro atoms. The Kier molecular flexibility index (Phi) is 6.75. The number of sulfonamides is 1. The first-order valence-corrected chi connectivity index (χ1v) is 9.87. The van der Waals surface area contributed by atoms with E-state index in [4.69, 9.17) is 4.74 Å². The molecule has 0 fully saturated rings. The molecule has 0 aliphatic heterocycles. The van der Waals surface area contributed by atoms with Gasteiger partial charge >= 0.3 is 0 Å². The molecule has 0 bridgehead atoms. The van der Waals surface area contributed by atoms with E-state index in [9.17, 15) is 17.9 Å². The molecule has 0 aliphatic rings. The highest BCUT2D eigenvalue weighted by molar-refractivity contribution is 7.89. The second-order valence-corrected chi connectivity index (χ2v) is 7.86. The highest BCUT2D eigenvalue weighted by Crippen LogP contribution is 2.27. The van der Waals surface area contributed by atoms with Gasteiger partial charge in [0.1, 0.15) is 16.5 Å². The summed E-state index contributed by atoms with van der Waals surface area (Å²) in [6, 6.07) is 11.1. The molecule has 0 saturated carbocycles. The summed E-state index contributed by atoms with van der Waals surface area (Å²) in [5.41, 5.74) is 0.548. The predicted octanol–water partition coefficient (Wildman–Crippen LogP) is 3.26. The molecule has 2 rings (SSSR count). The molecular weight excluding hydrogens is 357 g/mol. The first-order valence-electron chi connectivity index (χ1n) is 8.39. The number of hydrogen-bond acceptors (Lipinski definition) is 4. The minimum Gasteiger partial charge on any atom is -0.497 e. The molecule has 2 aromatic rings. The van der Waals surface area contributed by atoms with E-state index in [2.05, 4.69) is 4.72 Å². The maximum Gasteiger partial charge on any atom is 0.243 e. The van der Waals surface area contributed by atoms with Crippen molar-refractivity contribution in [1.82, 2.24) is 4.72 Å². The van der Waals surface area contributed by atoms with Gasteiger partial charge in [-0.15, -0.1) is 0 Å². The Morgan fingerprint density at radius 2 is 1.77 bits per heavy atom. The van der Waals surface area contributed by atoms with Crippen LogP contribution in [0.2, 0.25) is 0 Å². The van der Waals surface area contributed by atoms with Gasteiger partial charge in [-0.2, -0.15) is 0 Å². The summed E-state index contributed by atoms with van der Waals surface area (Å²) in [6.45, 7) is 3.73. The van der Waals surface area contributed by atoms with Crippen LogP contribution in [-0.2, 0) is 10.0 Å². The fourth-order valence-corrected chi connectivity index (χ4v) is 4.09. The van der Waals surface area contributed by atoms with Crippen molar-refractivity contribution in [3.8, 4) is 5.75 Å². The fourth-order valence-electron chi connectivity index (χ4n) is 2.66. The molecule has 7 heteroatoms. The van der Waals surface area contributed by atoms with Crippen molar-refractivity contribution in [3.05, 3.63) is 59.9 Å². The molecule has 0 aliphatic carbocycles. The van der Waals surface area contributed by atoms with E-state index >= 15 is 0 Å². The van der Waals surface area contributed by atoms with Crippen molar-refractivity contribution in [2.24, 2.45) is 5.92 Å². The van der Waals surface area contributed by atoms with Crippen LogP contribution in [0.4, 0.5) is 4.39 Å². The molecule has 3 unspecified atom stereocenters. The van der Waals surface area contributed by atoms with Crippen LogP contribution in [0.5, 0.6) is 5.75 Å². The lowest BCUT2D eigenvalue weighted by Gasteiger charge is -2.29. The highest BCUT2D eigenvalue weighted by atomic mass is 32.2. The van der Waals surface area contributed by atoms with Gasteiger partial charge in [0.2, 0.25) is 10.0 Å². The van der Waals surface area contributed by atoms with Crippen molar-refractivity contribution in [1.29, 1.82) is 0 Å². The molecule has 0 amide bonds. The van der Waals surface area contributed by atoms with Crippen molar-refractivity contribution in [2.75, 3.05) is 7.11 Å². The maximum absolute atomic E-state index is 13.9. The number of aliphatic hydroxyl groups excluding tert-OH is 1. The Balaban J connectivity index is 2.33. The van der Waals surface area contributed by atoms with E-state index in [-0.39, 0.29) is 5.92 Å². The molecule has 142 valence electrons. The number of benzene rings is 2. The Morgan fingerprint density at radius 1 is 1.15 bits per heavy atom. The Hall–Kier alpha value is -1.96. The summed E-state index contributed by atoms with van der Waals surface area (Å²) in [7, 11) is -2.58. The standard InChI is InChI=1S/C19H24FNO4S/c1-4-13(2)18(19(22)14-9-11-15(25-3)12-10-14)21-26(23,24)17-8-6-5-7-16(17)20/h5-13,18-19,21-22H,4H2,1-3H3. The lowest BCUT2D eigenvalue weighted by molar-refractivity contribution is 0.112.